The highest BCUT2D eigenvalue weighted by Gasteiger charge is 2.25. The number of para-hydroxylation sites is 2. The zero-order valence-corrected chi connectivity index (χ0v) is 23.1. The van der Waals surface area contributed by atoms with Crippen LogP contribution >= 0.6 is 11.6 Å². The molecule has 0 unspecified atom stereocenters. The van der Waals surface area contributed by atoms with E-state index >= 15 is 0 Å². The fourth-order valence-corrected chi connectivity index (χ4v) is 5.99. The molecule has 6 nitrogen and oxygen atoms in total. The lowest BCUT2D eigenvalue weighted by atomic mass is 10.1. The Morgan fingerprint density at radius 2 is 1.37 bits per heavy atom. The second-order valence-corrected chi connectivity index (χ2v) is 11.2. The number of hydrogen-bond acceptors (Lipinski definition) is 4. The highest BCUT2D eigenvalue weighted by Crippen LogP contribution is 2.30. The van der Waals surface area contributed by atoms with Gasteiger partial charge < -0.3 is 10.2 Å². The number of nitrogens with one attached hydrogen (secondary N) is 1. The van der Waals surface area contributed by atoms with Gasteiger partial charge in [0.25, 0.3) is 15.9 Å². The van der Waals surface area contributed by atoms with E-state index in [9.17, 15) is 13.2 Å². The standard InChI is InChI=1S/C30H30ClN3O3S/c1-4-33(24-11-7-5-8-12-24)38(36,37)27-19-20-29(31)28(21-27)30(35)32-23-15-17-26(18-16-23)34(22(2)3)25-13-9-6-10-14-25/h5-22H,4H2,1-3H3,(H,32,35). The molecule has 196 valence electrons. The topological polar surface area (TPSA) is 69.7 Å². The van der Waals surface area contributed by atoms with Crippen molar-refractivity contribution >= 4 is 50.3 Å². The first-order valence-corrected chi connectivity index (χ1v) is 14.2. The van der Waals surface area contributed by atoms with Gasteiger partial charge in [0.15, 0.2) is 0 Å². The van der Waals surface area contributed by atoms with Gasteiger partial charge in [0.1, 0.15) is 0 Å². The molecule has 0 aromatic heterocycles. The minimum Gasteiger partial charge on any atom is -0.339 e. The number of carbonyl (C=O) groups excluding carboxylic acids is 1. The quantitative estimate of drug-likeness (QED) is 0.238. The van der Waals surface area contributed by atoms with Crippen LogP contribution in [0.5, 0.6) is 0 Å². The van der Waals surface area contributed by atoms with E-state index in [0.29, 0.717) is 11.4 Å². The lowest BCUT2D eigenvalue weighted by Crippen LogP contribution is -2.31. The molecule has 0 bridgehead atoms. The molecular weight excluding hydrogens is 518 g/mol. The summed E-state index contributed by atoms with van der Waals surface area (Å²) in [5.74, 6) is -0.494. The Labute approximate surface area is 229 Å². The molecule has 1 amide bonds. The van der Waals surface area contributed by atoms with Crippen molar-refractivity contribution in [2.24, 2.45) is 0 Å². The number of benzene rings is 4. The molecule has 0 spiro atoms. The Kier molecular flexibility index (Phi) is 8.39. The van der Waals surface area contributed by atoms with Crippen LogP contribution in [0.25, 0.3) is 0 Å². The summed E-state index contributed by atoms with van der Waals surface area (Å²) in [5, 5.41) is 3.00. The maximum absolute atomic E-state index is 13.4. The maximum Gasteiger partial charge on any atom is 0.264 e. The van der Waals surface area contributed by atoms with Gasteiger partial charge in [0.05, 0.1) is 21.2 Å². The molecule has 38 heavy (non-hydrogen) atoms. The molecule has 0 heterocycles. The molecule has 0 atom stereocenters. The first kappa shape index (κ1) is 27.2. The first-order chi connectivity index (χ1) is 18.2. The minimum atomic E-state index is -3.91. The van der Waals surface area contributed by atoms with Crippen LogP contribution in [-0.4, -0.2) is 26.9 Å². The molecule has 0 aliphatic carbocycles. The van der Waals surface area contributed by atoms with E-state index in [2.05, 4.69) is 36.2 Å². The highest BCUT2D eigenvalue weighted by atomic mass is 35.5. The van der Waals surface area contributed by atoms with Gasteiger partial charge in [-0.3, -0.25) is 9.10 Å². The molecular formula is C30H30ClN3O3S. The van der Waals surface area contributed by atoms with E-state index in [1.54, 1.807) is 31.2 Å². The number of sulfonamides is 1. The monoisotopic (exact) mass is 547 g/mol. The number of nitrogens with zero attached hydrogens (tertiary/aromatic N) is 2. The van der Waals surface area contributed by atoms with Crippen molar-refractivity contribution in [1.29, 1.82) is 0 Å². The van der Waals surface area contributed by atoms with Gasteiger partial charge in [0.2, 0.25) is 0 Å². The van der Waals surface area contributed by atoms with Crippen molar-refractivity contribution < 1.29 is 13.2 Å². The SMILES string of the molecule is CCN(c1ccccc1)S(=O)(=O)c1ccc(Cl)c(C(=O)Nc2ccc(N(c3ccccc3)C(C)C)cc2)c1. The van der Waals surface area contributed by atoms with Crippen LogP contribution in [0.4, 0.5) is 22.7 Å². The third-order valence-electron chi connectivity index (χ3n) is 6.06. The van der Waals surface area contributed by atoms with Gasteiger partial charge in [-0.2, -0.15) is 0 Å². The van der Waals surface area contributed by atoms with Gasteiger partial charge in [0, 0.05) is 29.6 Å². The zero-order valence-electron chi connectivity index (χ0n) is 21.5. The van der Waals surface area contributed by atoms with Crippen LogP contribution in [-0.2, 0) is 10.0 Å². The van der Waals surface area contributed by atoms with Crippen LogP contribution in [0.3, 0.4) is 0 Å². The fraction of sp³-hybridized carbons (Fsp3) is 0.167. The van der Waals surface area contributed by atoms with E-state index in [1.165, 1.54) is 22.5 Å². The average Bonchev–Trinajstić information content (AvgIpc) is 2.91. The summed E-state index contributed by atoms with van der Waals surface area (Å²) < 4.78 is 28.2. The highest BCUT2D eigenvalue weighted by molar-refractivity contribution is 7.92. The number of rotatable bonds is 9. The summed E-state index contributed by atoms with van der Waals surface area (Å²) in [7, 11) is -3.91. The molecule has 0 saturated carbocycles. The predicted molar refractivity (Wildman–Crippen MR) is 156 cm³/mol. The summed E-state index contributed by atoms with van der Waals surface area (Å²) >= 11 is 6.33. The lowest BCUT2D eigenvalue weighted by molar-refractivity contribution is 0.102. The second-order valence-electron chi connectivity index (χ2n) is 8.95. The summed E-state index contributed by atoms with van der Waals surface area (Å²) in [6.07, 6.45) is 0. The number of carbonyl (C=O) groups is 1. The third-order valence-corrected chi connectivity index (χ3v) is 8.28. The first-order valence-electron chi connectivity index (χ1n) is 12.4. The van der Waals surface area contributed by atoms with Gasteiger partial charge >= 0.3 is 0 Å². The Morgan fingerprint density at radius 3 is 1.92 bits per heavy atom. The largest absolute Gasteiger partial charge is 0.339 e. The summed E-state index contributed by atoms with van der Waals surface area (Å²) in [6.45, 7) is 6.22. The Morgan fingerprint density at radius 1 is 0.816 bits per heavy atom. The zero-order chi connectivity index (χ0) is 27.3. The van der Waals surface area contributed by atoms with Gasteiger partial charge in [-0.1, -0.05) is 48.0 Å². The molecule has 4 aromatic rings. The van der Waals surface area contributed by atoms with Gasteiger partial charge in [-0.05, 0) is 87.5 Å². The van der Waals surface area contributed by atoms with Crippen molar-refractivity contribution in [3.63, 3.8) is 0 Å². The number of halogens is 1. The molecule has 1 N–H and O–H groups in total. The van der Waals surface area contributed by atoms with Gasteiger partial charge in [-0.15, -0.1) is 0 Å². The van der Waals surface area contributed by atoms with Crippen LogP contribution in [0.1, 0.15) is 31.1 Å². The Balaban J connectivity index is 1.57. The van der Waals surface area contributed by atoms with Crippen molar-refractivity contribution in [2.75, 3.05) is 21.1 Å². The predicted octanol–water partition coefficient (Wildman–Crippen LogP) is 7.35. The Hall–Kier alpha value is -3.81. The minimum absolute atomic E-state index is 0.0106. The molecule has 0 radical (unpaired) electrons. The number of amides is 1. The summed E-state index contributed by atoms with van der Waals surface area (Å²) in [5.41, 5.74) is 3.24. The maximum atomic E-state index is 13.4. The van der Waals surface area contributed by atoms with E-state index < -0.39 is 15.9 Å². The van der Waals surface area contributed by atoms with Crippen LogP contribution < -0.4 is 14.5 Å². The van der Waals surface area contributed by atoms with Crippen molar-refractivity contribution in [3.05, 3.63) is 114 Å². The van der Waals surface area contributed by atoms with Crippen molar-refractivity contribution in [2.45, 2.75) is 31.7 Å². The second kappa shape index (κ2) is 11.7. The third kappa shape index (κ3) is 5.85. The van der Waals surface area contributed by atoms with Crippen LogP contribution in [0.2, 0.25) is 5.02 Å². The molecule has 4 rings (SSSR count). The molecule has 0 aliphatic rings. The van der Waals surface area contributed by atoms with E-state index in [0.717, 1.165) is 11.4 Å². The molecule has 4 aromatic carbocycles. The summed E-state index contributed by atoms with van der Waals surface area (Å²) in [6, 6.07) is 30.8. The molecule has 0 fully saturated rings. The van der Waals surface area contributed by atoms with Crippen molar-refractivity contribution in [1.82, 2.24) is 0 Å². The van der Waals surface area contributed by atoms with E-state index in [-0.39, 0.29) is 28.1 Å². The van der Waals surface area contributed by atoms with E-state index in [4.69, 9.17) is 11.6 Å². The fourth-order valence-electron chi connectivity index (χ4n) is 4.29. The smallest absolute Gasteiger partial charge is 0.264 e. The van der Waals surface area contributed by atoms with Crippen LogP contribution in [0, 0.1) is 0 Å². The average molecular weight is 548 g/mol. The molecule has 8 heteroatoms. The number of hydrogen-bond donors (Lipinski definition) is 1. The summed E-state index contributed by atoms with van der Waals surface area (Å²) in [4.78, 5) is 15.3. The lowest BCUT2D eigenvalue weighted by Gasteiger charge is -2.29. The Bertz CT molecular complexity index is 1490. The molecule has 0 saturated heterocycles. The van der Waals surface area contributed by atoms with E-state index in [1.807, 2.05) is 48.5 Å². The molecule has 0 aliphatic heterocycles. The van der Waals surface area contributed by atoms with Crippen LogP contribution in [0.15, 0.2) is 108 Å². The number of anilines is 4. The van der Waals surface area contributed by atoms with Crippen molar-refractivity contribution in [3.8, 4) is 0 Å². The normalized spacial score (nSPS) is 11.3. The van der Waals surface area contributed by atoms with Gasteiger partial charge in [-0.25, -0.2) is 8.42 Å².